The number of halogens is 2. The molecular formula is C13H16BrClN2O3. The standard InChI is InChI=1S/C13H16BrClN2O3/c1-13(2,3)17-12(19)16-11(18)7-20-10-5-4-8(14)6-9(10)15/h4-6H,7H2,1-3H3,(H2,16,17,18,19). The molecule has 0 heterocycles. The minimum absolute atomic E-state index is 0.293. The van der Waals surface area contributed by atoms with E-state index < -0.39 is 17.5 Å². The molecule has 3 amide bonds. The second kappa shape index (κ2) is 6.95. The molecule has 0 fully saturated rings. The first-order chi connectivity index (χ1) is 9.17. The minimum atomic E-state index is -0.562. The molecule has 0 aromatic heterocycles. The third-order valence-electron chi connectivity index (χ3n) is 1.99. The van der Waals surface area contributed by atoms with Crippen molar-refractivity contribution < 1.29 is 14.3 Å². The molecule has 0 atom stereocenters. The van der Waals surface area contributed by atoms with E-state index in [0.717, 1.165) is 4.47 Å². The largest absolute Gasteiger partial charge is 0.482 e. The lowest BCUT2D eigenvalue weighted by Crippen LogP contribution is -2.49. The van der Waals surface area contributed by atoms with Gasteiger partial charge in [-0.1, -0.05) is 27.5 Å². The van der Waals surface area contributed by atoms with Crippen LogP contribution in [-0.2, 0) is 4.79 Å². The Bertz CT molecular complexity index is 515. The van der Waals surface area contributed by atoms with Gasteiger partial charge in [-0.15, -0.1) is 0 Å². The number of carbonyl (C=O) groups excluding carboxylic acids is 2. The molecule has 0 aliphatic heterocycles. The summed E-state index contributed by atoms with van der Waals surface area (Å²) in [7, 11) is 0. The topological polar surface area (TPSA) is 67.4 Å². The number of hydrogen-bond acceptors (Lipinski definition) is 3. The predicted octanol–water partition coefficient (Wildman–Crippen LogP) is 3.11. The molecule has 0 unspecified atom stereocenters. The first-order valence-electron chi connectivity index (χ1n) is 5.87. The van der Waals surface area contributed by atoms with Gasteiger partial charge in [0.2, 0.25) is 0 Å². The van der Waals surface area contributed by atoms with E-state index in [2.05, 4.69) is 26.6 Å². The van der Waals surface area contributed by atoms with Crippen molar-refractivity contribution in [2.45, 2.75) is 26.3 Å². The Morgan fingerprint density at radius 2 is 2.00 bits per heavy atom. The number of carbonyl (C=O) groups is 2. The number of ether oxygens (including phenoxy) is 1. The Morgan fingerprint density at radius 1 is 1.35 bits per heavy atom. The minimum Gasteiger partial charge on any atom is -0.482 e. The van der Waals surface area contributed by atoms with Crippen LogP contribution in [0.15, 0.2) is 22.7 Å². The summed E-state index contributed by atoms with van der Waals surface area (Å²) in [6.45, 7) is 5.15. The summed E-state index contributed by atoms with van der Waals surface area (Å²) in [5, 5.41) is 5.16. The van der Waals surface area contributed by atoms with Gasteiger partial charge < -0.3 is 10.1 Å². The Morgan fingerprint density at radius 3 is 2.55 bits per heavy atom. The van der Waals surface area contributed by atoms with Crippen LogP contribution in [0.2, 0.25) is 5.02 Å². The summed E-state index contributed by atoms with van der Waals surface area (Å²) in [5.41, 5.74) is -0.416. The number of nitrogens with one attached hydrogen (secondary N) is 2. The van der Waals surface area contributed by atoms with Crippen LogP contribution < -0.4 is 15.4 Å². The smallest absolute Gasteiger partial charge is 0.321 e. The van der Waals surface area contributed by atoms with Gasteiger partial charge in [0, 0.05) is 10.0 Å². The zero-order valence-corrected chi connectivity index (χ0v) is 13.8. The van der Waals surface area contributed by atoms with Crippen molar-refractivity contribution in [1.29, 1.82) is 0 Å². The highest BCUT2D eigenvalue weighted by Gasteiger charge is 2.16. The first kappa shape index (κ1) is 16.8. The highest BCUT2D eigenvalue weighted by molar-refractivity contribution is 9.10. The highest BCUT2D eigenvalue weighted by atomic mass is 79.9. The van der Waals surface area contributed by atoms with Crippen LogP contribution in [0.4, 0.5) is 4.79 Å². The van der Waals surface area contributed by atoms with Gasteiger partial charge in [-0.2, -0.15) is 0 Å². The molecule has 1 aromatic rings. The fourth-order valence-corrected chi connectivity index (χ4v) is 2.00. The molecule has 0 saturated heterocycles. The van der Waals surface area contributed by atoms with Gasteiger partial charge >= 0.3 is 6.03 Å². The fraction of sp³-hybridized carbons (Fsp3) is 0.385. The first-order valence-corrected chi connectivity index (χ1v) is 7.04. The van der Waals surface area contributed by atoms with Gasteiger partial charge in [-0.3, -0.25) is 10.1 Å². The van der Waals surface area contributed by atoms with E-state index in [4.69, 9.17) is 16.3 Å². The van der Waals surface area contributed by atoms with Gasteiger partial charge in [-0.05, 0) is 39.0 Å². The van der Waals surface area contributed by atoms with Crippen LogP contribution in [0, 0.1) is 0 Å². The quantitative estimate of drug-likeness (QED) is 0.867. The van der Waals surface area contributed by atoms with Crippen LogP contribution in [0.3, 0.4) is 0 Å². The molecular weight excluding hydrogens is 348 g/mol. The third-order valence-corrected chi connectivity index (χ3v) is 2.78. The Balaban J connectivity index is 2.46. The summed E-state index contributed by atoms with van der Waals surface area (Å²) in [6.07, 6.45) is 0. The van der Waals surface area contributed by atoms with Crippen molar-refractivity contribution in [3.8, 4) is 5.75 Å². The van der Waals surface area contributed by atoms with Crippen LogP contribution in [0.5, 0.6) is 5.75 Å². The second-order valence-electron chi connectivity index (χ2n) is 5.12. The second-order valence-corrected chi connectivity index (χ2v) is 6.44. The van der Waals surface area contributed by atoms with E-state index in [1.54, 1.807) is 18.2 Å². The fourth-order valence-electron chi connectivity index (χ4n) is 1.27. The molecule has 110 valence electrons. The van der Waals surface area contributed by atoms with Crippen molar-refractivity contribution in [2.24, 2.45) is 0 Å². The van der Waals surface area contributed by atoms with Crippen molar-refractivity contribution in [1.82, 2.24) is 10.6 Å². The van der Waals surface area contributed by atoms with E-state index >= 15 is 0 Å². The molecule has 20 heavy (non-hydrogen) atoms. The van der Waals surface area contributed by atoms with Gasteiger partial charge in [0.05, 0.1) is 5.02 Å². The number of urea groups is 1. The molecule has 0 aliphatic carbocycles. The maximum absolute atomic E-state index is 11.5. The molecule has 0 radical (unpaired) electrons. The van der Waals surface area contributed by atoms with Gasteiger partial charge in [0.15, 0.2) is 6.61 Å². The Labute approximate surface area is 131 Å². The molecule has 1 rings (SSSR count). The van der Waals surface area contributed by atoms with Crippen molar-refractivity contribution in [3.63, 3.8) is 0 Å². The van der Waals surface area contributed by atoms with E-state index in [-0.39, 0.29) is 6.61 Å². The normalized spacial score (nSPS) is 10.8. The molecule has 2 N–H and O–H groups in total. The van der Waals surface area contributed by atoms with E-state index in [1.165, 1.54) is 0 Å². The average Bonchev–Trinajstić information content (AvgIpc) is 2.24. The molecule has 5 nitrogen and oxygen atoms in total. The molecule has 1 aromatic carbocycles. The average molecular weight is 364 g/mol. The summed E-state index contributed by atoms with van der Waals surface area (Å²) >= 11 is 9.20. The van der Waals surface area contributed by atoms with Crippen molar-refractivity contribution in [2.75, 3.05) is 6.61 Å². The van der Waals surface area contributed by atoms with Gasteiger partial charge in [0.25, 0.3) is 5.91 Å². The zero-order valence-electron chi connectivity index (χ0n) is 11.4. The van der Waals surface area contributed by atoms with E-state index in [9.17, 15) is 9.59 Å². The predicted molar refractivity (Wildman–Crippen MR) is 81.1 cm³/mol. The van der Waals surface area contributed by atoms with Crippen molar-refractivity contribution in [3.05, 3.63) is 27.7 Å². The lowest BCUT2D eigenvalue weighted by atomic mass is 10.1. The summed E-state index contributed by atoms with van der Waals surface area (Å²) in [6, 6.07) is 4.47. The van der Waals surface area contributed by atoms with Crippen molar-refractivity contribution >= 4 is 39.5 Å². The third kappa shape index (κ3) is 6.25. The number of benzene rings is 1. The zero-order chi connectivity index (χ0) is 15.3. The summed E-state index contributed by atoms with van der Waals surface area (Å²) in [5.74, 6) is -0.174. The maximum atomic E-state index is 11.5. The summed E-state index contributed by atoms with van der Waals surface area (Å²) in [4.78, 5) is 23.0. The number of imide groups is 1. The van der Waals surface area contributed by atoms with Crippen LogP contribution >= 0.6 is 27.5 Å². The van der Waals surface area contributed by atoms with Crippen LogP contribution in [-0.4, -0.2) is 24.1 Å². The number of hydrogen-bond donors (Lipinski definition) is 2. The molecule has 0 bridgehead atoms. The molecule has 0 saturated carbocycles. The lowest BCUT2D eigenvalue weighted by molar-refractivity contribution is -0.122. The van der Waals surface area contributed by atoms with E-state index in [0.29, 0.717) is 10.8 Å². The molecule has 7 heteroatoms. The van der Waals surface area contributed by atoms with Crippen LogP contribution in [0.1, 0.15) is 20.8 Å². The number of rotatable bonds is 3. The van der Waals surface area contributed by atoms with Crippen LogP contribution in [0.25, 0.3) is 0 Å². The Hall–Kier alpha value is -1.27. The molecule has 0 spiro atoms. The monoisotopic (exact) mass is 362 g/mol. The SMILES string of the molecule is CC(C)(C)NC(=O)NC(=O)COc1ccc(Br)cc1Cl. The van der Waals surface area contributed by atoms with E-state index in [1.807, 2.05) is 20.8 Å². The highest BCUT2D eigenvalue weighted by Crippen LogP contribution is 2.27. The van der Waals surface area contributed by atoms with Gasteiger partial charge in [0.1, 0.15) is 5.75 Å². The molecule has 0 aliphatic rings. The lowest BCUT2D eigenvalue weighted by Gasteiger charge is -2.20. The van der Waals surface area contributed by atoms with Gasteiger partial charge in [-0.25, -0.2) is 4.79 Å². The Kier molecular flexibility index (Phi) is 5.83. The maximum Gasteiger partial charge on any atom is 0.321 e. The summed E-state index contributed by atoms with van der Waals surface area (Å²) < 4.78 is 6.05. The number of amides is 3.